The minimum Gasteiger partial charge on any atom is -0.461 e. The Hall–Kier alpha value is -6.88. The number of nitriles is 3. The Morgan fingerprint density at radius 2 is 0.864 bits per heavy atom. The third-order valence-corrected chi connectivity index (χ3v) is 9.42. The van der Waals surface area contributed by atoms with Gasteiger partial charge in [0.2, 0.25) is 0 Å². The van der Waals surface area contributed by atoms with Gasteiger partial charge in [-0.25, -0.2) is 14.4 Å². The summed E-state index contributed by atoms with van der Waals surface area (Å²) in [5.74, 6) is -2.89. The molecule has 0 fully saturated rings. The van der Waals surface area contributed by atoms with Gasteiger partial charge in [-0.2, -0.15) is 15.8 Å². The van der Waals surface area contributed by atoms with E-state index in [1.807, 2.05) is 82.1 Å². The highest BCUT2D eigenvalue weighted by molar-refractivity contribution is 5.99. The lowest BCUT2D eigenvalue weighted by Gasteiger charge is -2.28. The Balaban J connectivity index is 1.84. The van der Waals surface area contributed by atoms with Gasteiger partial charge in [0.25, 0.3) is 0 Å². The molecule has 13 heteroatoms. The van der Waals surface area contributed by atoms with Crippen molar-refractivity contribution in [1.82, 2.24) is 0 Å². The minimum atomic E-state index is -1.39. The summed E-state index contributed by atoms with van der Waals surface area (Å²) in [6.07, 6.45) is 4.14. The highest BCUT2D eigenvalue weighted by Crippen LogP contribution is 2.24. The molecule has 0 amide bonds. The second-order valence-corrected chi connectivity index (χ2v) is 13.8. The average molecular weight is 801 g/mol. The number of esters is 3. The summed E-state index contributed by atoms with van der Waals surface area (Å²) in [4.78, 5) is 45.8. The van der Waals surface area contributed by atoms with Crippen molar-refractivity contribution in [3.8, 4) is 18.2 Å². The van der Waals surface area contributed by atoms with Crippen LogP contribution in [0.5, 0.6) is 0 Å². The Bertz CT molecular complexity index is 2000. The van der Waals surface area contributed by atoms with Crippen LogP contribution in [0.2, 0.25) is 0 Å². The van der Waals surface area contributed by atoms with Crippen LogP contribution in [0, 0.1) is 39.4 Å². The number of hydrogen-bond acceptors (Lipinski definition) is 13. The van der Waals surface area contributed by atoms with E-state index in [1.54, 1.807) is 48.5 Å². The SMILES string of the molecule is CCN(CC)c1ccc(/C=C(\C#N)C(=O)OCC(C)(COC(=O)/C(C#N)=C/c2ccc(N(C)CCO)cc2)COC(=O)/C(C#N)=C/c2ccc(N(CC)CC)cc2)cc1. The van der Waals surface area contributed by atoms with Crippen LogP contribution >= 0.6 is 0 Å². The van der Waals surface area contributed by atoms with Gasteiger partial charge in [-0.15, -0.1) is 0 Å². The van der Waals surface area contributed by atoms with Crippen molar-refractivity contribution in [2.24, 2.45) is 5.41 Å². The van der Waals surface area contributed by atoms with Crippen molar-refractivity contribution >= 4 is 53.2 Å². The van der Waals surface area contributed by atoms with E-state index >= 15 is 0 Å². The molecule has 0 aromatic heterocycles. The lowest BCUT2D eigenvalue weighted by atomic mass is 9.94. The maximum absolute atomic E-state index is 13.2. The van der Waals surface area contributed by atoms with Gasteiger partial charge in [0.15, 0.2) is 0 Å². The monoisotopic (exact) mass is 800 g/mol. The van der Waals surface area contributed by atoms with Crippen LogP contribution in [0.25, 0.3) is 18.2 Å². The zero-order valence-electron chi connectivity index (χ0n) is 34.6. The Morgan fingerprint density at radius 3 is 1.12 bits per heavy atom. The molecule has 3 rings (SSSR count). The summed E-state index contributed by atoms with van der Waals surface area (Å²) in [7, 11) is 1.82. The third-order valence-electron chi connectivity index (χ3n) is 9.42. The fraction of sp³-hybridized carbons (Fsp3) is 0.348. The topological polar surface area (TPSA) is 180 Å². The molecule has 0 aliphatic heterocycles. The Kier molecular flexibility index (Phi) is 18.4. The average Bonchev–Trinajstić information content (AvgIpc) is 3.26. The molecule has 0 aliphatic rings. The molecule has 3 aromatic rings. The van der Waals surface area contributed by atoms with Crippen LogP contribution in [0.1, 0.15) is 51.3 Å². The molecule has 0 unspecified atom stereocenters. The highest BCUT2D eigenvalue weighted by Gasteiger charge is 2.32. The molecule has 0 radical (unpaired) electrons. The van der Waals surface area contributed by atoms with Gasteiger partial charge in [-0.3, -0.25) is 0 Å². The quantitative estimate of drug-likeness (QED) is 0.0530. The van der Waals surface area contributed by atoms with Gasteiger partial charge in [-0.1, -0.05) is 36.4 Å². The van der Waals surface area contributed by atoms with E-state index in [-0.39, 0.29) is 23.3 Å². The molecule has 13 nitrogen and oxygen atoms in total. The number of anilines is 3. The van der Waals surface area contributed by atoms with E-state index in [1.165, 1.54) is 25.2 Å². The summed E-state index contributed by atoms with van der Waals surface area (Å²) in [5, 5.41) is 38.8. The number of aliphatic hydroxyl groups excluding tert-OH is 1. The molecule has 0 saturated carbocycles. The minimum absolute atomic E-state index is 0.0239. The van der Waals surface area contributed by atoms with E-state index in [2.05, 4.69) is 9.80 Å². The first-order valence-electron chi connectivity index (χ1n) is 19.4. The molecule has 0 heterocycles. The first kappa shape index (κ1) is 46.5. The van der Waals surface area contributed by atoms with E-state index in [0.29, 0.717) is 23.2 Å². The molecule has 0 saturated heterocycles. The fourth-order valence-electron chi connectivity index (χ4n) is 5.83. The number of rotatable bonds is 21. The zero-order chi connectivity index (χ0) is 43.4. The predicted molar refractivity (Wildman–Crippen MR) is 229 cm³/mol. The fourth-order valence-corrected chi connectivity index (χ4v) is 5.83. The van der Waals surface area contributed by atoms with E-state index in [0.717, 1.165) is 43.2 Å². The van der Waals surface area contributed by atoms with Crippen molar-refractivity contribution in [3.63, 3.8) is 0 Å². The van der Waals surface area contributed by atoms with Gasteiger partial charge >= 0.3 is 17.9 Å². The van der Waals surface area contributed by atoms with Crippen molar-refractivity contribution in [1.29, 1.82) is 15.8 Å². The van der Waals surface area contributed by atoms with Crippen LogP contribution in [-0.4, -0.2) is 89.2 Å². The first-order valence-corrected chi connectivity index (χ1v) is 19.4. The number of carbonyl (C=O) groups excluding carboxylic acids is 3. The van der Waals surface area contributed by atoms with Gasteiger partial charge in [0.1, 0.15) is 54.7 Å². The van der Waals surface area contributed by atoms with Crippen molar-refractivity contribution in [3.05, 3.63) is 106 Å². The molecule has 1 N–H and O–H groups in total. The van der Waals surface area contributed by atoms with E-state index < -0.39 is 43.1 Å². The number of likely N-dealkylation sites (N-methyl/N-ethyl adjacent to an activating group) is 1. The number of nitrogens with zero attached hydrogens (tertiary/aromatic N) is 6. The molecule has 0 spiro atoms. The lowest BCUT2D eigenvalue weighted by Crippen LogP contribution is -2.37. The highest BCUT2D eigenvalue weighted by atomic mass is 16.6. The molecule has 0 aliphatic carbocycles. The maximum atomic E-state index is 13.2. The smallest absolute Gasteiger partial charge is 0.348 e. The maximum Gasteiger partial charge on any atom is 0.348 e. The second kappa shape index (κ2) is 23.4. The van der Waals surface area contributed by atoms with Crippen molar-refractivity contribution in [2.75, 3.05) is 80.9 Å². The molecule has 308 valence electrons. The van der Waals surface area contributed by atoms with E-state index in [9.17, 15) is 35.3 Å². The number of benzene rings is 3. The molecular weight excluding hydrogens is 749 g/mol. The third kappa shape index (κ3) is 13.9. The molecule has 0 atom stereocenters. The zero-order valence-corrected chi connectivity index (χ0v) is 34.6. The van der Waals surface area contributed by atoms with Crippen molar-refractivity contribution in [2.45, 2.75) is 34.6 Å². The second-order valence-electron chi connectivity index (χ2n) is 13.8. The molecular formula is C46H52N6O7. The first-order chi connectivity index (χ1) is 28.4. The molecule has 0 bridgehead atoms. The van der Waals surface area contributed by atoms with Gasteiger partial charge < -0.3 is 34.0 Å². The summed E-state index contributed by atoms with van der Waals surface area (Å²) in [5.41, 5.74) is 2.26. The largest absolute Gasteiger partial charge is 0.461 e. The van der Waals surface area contributed by atoms with Crippen LogP contribution in [0.4, 0.5) is 17.1 Å². The Morgan fingerprint density at radius 1 is 0.576 bits per heavy atom. The number of aliphatic hydroxyl groups is 1. The van der Waals surface area contributed by atoms with Crippen LogP contribution < -0.4 is 14.7 Å². The van der Waals surface area contributed by atoms with Crippen LogP contribution in [0.15, 0.2) is 89.5 Å². The van der Waals surface area contributed by atoms with Gasteiger partial charge in [0, 0.05) is 56.8 Å². The molecule has 59 heavy (non-hydrogen) atoms. The van der Waals surface area contributed by atoms with Crippen LogP contribution in [-0.2, 0) is 28.6 Å². The predicted octanol–water partition coefficient (Wildman–Crippen LogP) is 6.56. The lowest BCUT2D eigenvalue weighted by molar-refractivity contribution is -0.155. The van der Waals surface area contributed by atoms with E-state index in [4.69, 9.17) is 14.2 Å². The summed E-state index contributed by atoms with van der Waals surface area (Å²) in [6.45, 7) is 11.9. The van der Waals surface area contributed by atoms with Crippen molar-refractivity contribution < 1.29 is 33.7 Å². The summed E-state index contributed by atoms with van der Waals surface area (Å²) < 4.78 is 16.6. The van der Waals surface area contributed by atoms with Crippen LogP contribution in [0.3, 0.4) is 0 Å². The standard InChI is InChI=1S/C46H52N6O7/c1-7-51(8-2)41-19-13-35(14-20-41)26-38(29-48)44(55)58-32-46(5,31-57-43(54)37(28-47)25-34-11-17-40(18-12-34)50(6)23-24-53)33-59-45(56)39(30-49)27-36-15-21-42(22-16-36)52(9-3)10-4/h11-22,25-27,53H,7-10,23-24,31-33H2,1-6H3/b37-25+,38-26+,39-27+. The molecule has 3 aromatic carbocycles. The Labute approximate surface area is 347 Å². The number of carbonyl (C=O) groups is 3. The van der Waals surface area contributed by atoms with Gasteiger partial charge in [-0.05, 0) is 106 Å². The number of ether oxygens (including phenoxy) is 3. The number of hydrogen-bond donors (Lipinski definition) is 1. The summed E-state index contributed by atoms with van der Waals surface area (Å²) in [6, 6.07) is 27.2. The summed E-state index contributed by atoms with van der Waals surface area (Å²) >= 11 is 0. The van der Waals surface area contributed by atoms with Gasteiger partial charge in [0.05, 0.1) is 12.0 Å². The normalized spacial score (nSPS) is 12.5.